The summed E-state index contributed by atoms with van der Waals surface area (Å²) in [4.78, 5) is 12.9. The Morgan fingerprint density at radius 3 is 2.76 bits per heavy atom. The summed E-state index contributed by atoms with van der Waals surface area (Å²) in [6, 6.07) is 10.6. The molecule has 1 N–H and O–H groups in total. The Morgan fingerprint density at radius 1 is 1.17 bits per heavy atom. The molecule has 1 aromatic heterocycles. The molecule has 0 bridgehead atoms. The maximum atomic E-state index is 13.5. The number of hydrogen-bond acceptors (Lipinski definition) is 3. The van der Waals surface area contributed by atoms with E-state index in [-0.39, 0.29) is 24.5 Å². The van der Waals surface area contributed by atoms with E-state index < -0.39 is 18.6 Å². The van der Waals surface area contributed by atoms with Gasteiger partial charge in [0.2, 0.25) is 0 Å². The number of aromatic amines is 1. The highest BCUT2D eigenvalue weighted by Crippen LogP contribution is 2.30. The number of amides is 1. The lowest BCUT2D eigenvalue weighted by Gasteiger charge is -2.17. The lowest BCUT2D eigenvalue weighted by molar-refractivity contribution is -0.140. The number of ether oxygens (including phenoxy) is 1. The number of halogens is 4. The third-order valence-electron chi connectivity index (χ3n) is 4.55. The van der Waals surface area contributed by atoms with E-state index in [1.807, 2.05) is 0 Å². The largest absolute Gasteiger partial charge is 0.489 e. The maximum absolute atomic E-state index is 13.5. The number of nitrogens with zero attached hydrogens (tertiary/aromatic N) is 2. The average Bonchev–Trinajstić information content (AvgIpc) is 3.24. The summed E-state index contributed by atoms with van der Waals surface area (Å²) in [5, 5.41) is 6.77. The minimum atomic E-state index is -4.45. The number of fused-ring (bicyclic) bond motifs is 1. The number of carbonyl (C=O) groups is 1. The van der Waals surface area contributed by atoms with Gasteiger partial charge in [0.15, 0.2) is 0 Å². The number of H-pyrrole nitrogens is 1. The van der Waals surface area contributed by atoms with Gasteiger partial charge in [0, 0.05) is 23.2 Å². The highest BCUT2D eigenvalue weighted by Gasteiger charge is 2.37. The number of benzene rings is 2. The zero-order valence-corrected chi connectivity index (χ0v) is 15.0. The van der Waals surface area contributed by atoms with Gasteiger partial charge in [0.05, 0.1) is 11.9 Å². The number of alkyl halides is 3. The minimum absolute atomic E-state index is 0.112. The molecule has 0 aliphatic carbocycles. The van der Waals surface area contributed by atoms with Gasteiger partial charge >= 0.3 is 6.18 Å². The third kappa shape index (κ3) is 4.08. The minimum Gasteiger partial charge on any atom is -0.489 e. The fraction of sp³-hybridized carbons (Fsp3) is 0.200. The number of nitrogens with one attached hydrogen (secondary N) is 1. The van der Waals surface area contributed by atoms with Gasteiger partial charge in [0.25, 0.3) is 5.91 Å². The van der Waals surface area contributed by atoms with Crippen LogP contribution in [0.25, 0.3) is 11.3 Å². The molecule has 0 saturated carbocycles. The molecule has 2 heterocycles. The first-order chi connectivity index (χ1) is 13.8. The quantitative estimate of drug-likeness (QED) is 0.644. The van der Waals surface area contributed by atoms with Gasteiger partial charge in [-0.15, -0.1) is 0 Å². The zero-order valence-electron chi connectivity index (χ0n) is 15.0. The van der Waals surface area contributed by atoms with Crippen molar-refractivity contribution >= 4 is 5.91 Å². The van der Waals surface area contributed by atoms with Crippen LogP contribution in [0.3, 0.4) is 0 Å². The molecule has 0 spiro atoms. The van der Waals surface area contributed by atoms with E-state index in [1.54, 1.807) is 24.4 Å². The number of carbonyl (C=O) groups excluding carboxylic acids is 1. The van der Waals surface area contributed by atoms with Crippen LogP contribution in [0.15, 0.2) is 48.7 Å². The Kier molecular flexibility index (Phi) is 4.73. The van der Waals surface area contributed by atoms with Crippen molar-refractivity contribution in [1.82, 2.24) is 15.1 Å². The van der Waals surface area contributed by atoms with Gasteiger partial charge in [-0.2, -0.15) is 18.3 Å². The van der Waals surface area contributed by atoms with Gasteiger partial charge in [-0.3, -0.25) is 9.89 Å². The predicted molar refractivity (Wildman–Crippen MR) is 95.6 cm³/mol. The van der Waals surface area contributed by atoms with E-state index in [9.17, 15) is 22.4 Å². The van der Waals surface area contributed by atoms with E-state index in [0.717, 1.165) is 4.90 Å². The monoisotopic (exact) mass is 405 g/mol. The topological polar surface area (TPSA) is 58.2 Å². The molecule has 1 amide bonds. The third-order valence-corrected chi connectivity index (χ3v) is 4.55. The van der Waals surface area contributed by atoms with Crippen molar-refractivity contribution in [2.45, 2.75) is 19.3 Å². The fourth-order valence-electron chi connectivity index (χ4n) is 3.27. The second kappa shape index (κ2) is 7.23. The molecule has 1 aliphatic heterocycles. The molecule has 9 heteroatoms. The Bertz CT molecular complexity index is 1060. The van der Waals surface area contributed by atoms with Crippen LogP contribution < -0.4 is 4.74 Å². The standard InChI is InChI=1S/C20H15F4N3O2/c21-15-3-1-2-12(6-15)18-14(8-25-26-18)10-29-16-4-5-17-13(7-16)9-27(19(17)28)11-20(22,23)24/h1-8H,9-11H2,(H,25,26). The van der Waals surface area contributed by atoms with Crippen LogP contribution in [0.2, 0.25) is 0 Å². The summed E-state index contributed by atoms with van der Waals surface area (Å²) in [6.45, 7) is -1.30. The van der Waals surface area contributed by atoms with Crippen LogP contribution in [-0.4, -0.2) is 33.7 Å². The summed E-state index contributed by atoms with van der Waals surface area (Å²) in [5.41, 5.74) is 2.63. The molecule has 0 unspecified atom stereocenters. The van der Waals surface area contributed by atoms with Crippen LogP contribution in [0.5, 0.6) is 5.75 Å². The Balaban J connectivity index is 1.48. The first-order valence-electron chi connectivity index (χ1n) is 8.70. The Morgan fingerprint density at radius 2 is 2.00 bits per heavy atom. The highest BCUT2D eigenvalue weighted by molar-refractivity contribution is 5.98. The molecule has 29 heavy (non-hydrogen) atoms. The predicted octanol–water partition coefficient (Wildman–Crippen LogP) is 4.31. The molecule has 5 nitrogen and oxygen atoms in total. The second-order valence-corrected chi connectivity index (χ2v) is 6.66. The molecule has 1 aliphatic rings. The van der Waals surface area contributed by atoms with Crippen LogP contribution in [0, 0.1) is 5.82 Å². The second-order valence-electron chi connectivity index (χ2n) is 6.66. The van der Waals surface area contributed by atoms with Crippen molar-refractivity contribution in [1.29, 1.82) is 0 Å². The fourth-order valence-corrected chi connectivity index (χ4v) is 3.27. The van der Waals surface area contributed by atoms with E-state index >= 15 is 0 Å². The van der Waals surface area contributed by atoms with Crippen molar-refractivity contribution in [3.05, 3.63) is 71.2 Å². The van der Waals surface area contributed by atoms with Crippen molar-refractivity contribution in [2.24, 2.45) is 0 Å². The maximum Gasteiger partial charge on any atom is 0.406 e. The Hall–Kier alpha value is -3.36. The molecule has 0 radical (unpaired) electrons. The SMILES string of the molecule is O=C1c2ccc(OCc3cn[nH]c3-c3cccc(F)c3)cc2CN1CC(F)(F)F. The molecule has 0 fully saturated rings. The van der Waals surface area contributed by atoms with E-state index in [4.69, 9.17) is 4.74 Å². The van der Waals surface area contributed by atoms with Gasteiger partial charge < -0.3 is 9.64 Å². The summed E-state index contributed by atoms with van der Waals surface area (Å²) in [5.74, 6) is -0.612. The Labute approximate surface area is 162 Å². The highest BCUT2D eigenvalue weighted by atomic mass is 19.4. The molecule has 4 rings (SSSR count). The summed E-state index contributed by atoms with van der Waals surface area (Å²) < 4.78 is 57.0. The zero-order chi connectivity index (χ0) is 20.6. The number of hydrogen-bond donors (Lipinski definition) is 1. The number of rotatable bonds is 5. The van der Waals surface area contributed by atoms with Crippen LogP contribution in [0.4, 0.5) is 17.6 Å². The van der Waals surface area contributed by atoms with E-state index in [2.05, 4.69) is 10.2 Å². The summed E-state index contributed by atoms with van der Waals surface area (Å²) in [7, 11) is 0. The van der Waals surface area contributed by atoms with E-state index in [0.29, 0.717) is 28.1 Å². The first kappa shape index (κ1) is 19.0. The smallest absolute Gasteiger partial charge is 0.406 e. The van der Waals surface area contributed by atoms with Crippen LogP contribution in [-0.2, 0) is 13.2 Å². The van der Waals surface area contributed by atoms with E-state index in [1.165, 1.54) is 24.3 Å². The van der Waals surface area contributed by atoms with Gasteiger partial charge in [0.1, 0.15) is 24.7 Å². The van der Waals surface area contributed by atoms with Crippen LogP contribution in [0.1, 0.15) is 21.5 Å². The molecule has 3 aromatic rings. The van der Waals surface area contributed by atoms with Crippen molar-refractivity contribution in [3.8, 4) is 17.0 Å². The molecule has 2 aromatic carbocycles. The average molecular weight is 405 g/mol. The molecule has 150 valence electrons. The van der Waals surface area contributed by atoms with Crippen molar-refractivity contribution < 1.29 is 27.1 Å². The van der Waals surface area contributed by atoms with Crippen LogP contribution >= 0.6 is 0 Å². The van der Waals surface area contributed by atoms with Gasteiger partial charge in [-0.25, -0.2) is 4.39 Å². The molecular weight excluding hydrogens is 390 g/mol. The van der Waals surface area contributed by atoms with Crippen molar-refractivity contribution in [3.63, 3.8) is 0 Å². The van der Waals surface area contributed by atoms with Gasteiger partial charge in [-0.1, -0.05) is 12.1 Å². The molecule has 0 saturated heterocycles. The molecule has 0 atom stereocenters. The number of aromatic nitrogens is 2. The summed E-state index contributed by atoms with van der Waals surface area (Å²) >= 11 is 0. The van der Waals surface area contributed by atoms with Crippen molar-refractivity contribution in [2.75, 3.05) is 6.54 Å². The van der Waals surface area contributed by atoms with Gasteiger partial charge in [-0.05, 0) is 35.9 Å². The lowest BCUT2D eigenvalue weighted by Crippen LogP contribution is -2.34. The first-order valence-corrected chi connectivity index (χ1v) is 8.70. The summed E-state index contributed by atoms with van der Waals surface area (Å²) in [6.07, 6.45) is -2.90. The lowest BCUT2D eigenvalue weighted by atomic mass is 10.1. The normalized spacial score (nSPS) is 13.7. The molecular formula is C20H15F4N3O2.